The molecule has 0 unspecified atom stereocenters. The van der Waals surface area contributed by atoms with Crippen molar-refractivity contribution in [1.29, 1.82) is 0 Å². The van der Waals surface area contributed by atoms with E-state index in [0.717, 1.165) is 18.5 Å². The first-order valence-electron chi connectivity index (χ1n) is 12.2. The number of ether oxygens (including phenoxy) is 2. The molecule has 1 N–H and O–H groups in total. The highest BCUT2D eigenvalue weighted by atomic mass is 32.2. The van der Waals surface area contributed by atoms with Gasteiger partial charge in [-0.15, -0.1) is 0 Å². The predicted molar refractivity (Wildman–Crippen MR) is 143 cm³/mol. The second-order valence-corrected chi connectivity index (χ2v) is 11.4. The minimum absolute atomic E-state index is 0.107. The maximum atomic E-state index is 13.1. The van der Waals surface area contributed by atoms with Gasteiger partial charge < -0.3 is 19.7 Å². The topological polar surface area (TPSA) is 88.2 Å². The lowest BCUT2D eigenvalue weighted by atomic mass is 10.1. The summed E-state index contributed by atoms with van der Waals surface area (Å²) in [5, 5.41) is 3.40. The molecule has 0 bridgehead atoms. The van der Waals surface area contributed by atoms with Gasteiger partial charge >= 0.3 is 0 Å². The fourth-order valence-corrected chi connectivity index (χ4v) is 5.41. The Morgan fingerprint density at radius 1 is 1.03 bits per heavy atom. The highest BCUT2D eigenvalue weighted by Gasteiger charge is 2.25. The van der Waals surface area contributed by atoms with Gasteiger partial charge in [0, 0.05) is 33.2 Å². The number of carbonyl (C=O) groups is 1. The zero-order chi connectivity index (χ0) is 26.9. The number of hydrogen-bond acceptors (Lipinski definition) is 6. The van der Waals surface area contributed by atoms with Gasteiger partial charge in [-0.1, -0.05) is 38.1 Å². The second kappa shape index (κ2) is 13.7. The first kappa shape index (κ1) is 29.8. The van der Waals surface area contributed by atoms with Gasteiger partial charge in [-0.2, -0.15) is 4.31 Å². The van der Waals surface area contributed by atoms with Crippen molar-refractivity contribution in [3.63, 3.8) is 0 Å². The smallest absolute Gasteiger partial charge is 0.248 e. The van der Waals surface area contributed by atoms with Gasteiger partial charge in [0.25, 0.3) is 0 Å². The molecule has 0 aliphatic rings. The van der Waals surface area contributed by atoms with E-state index in [-0.39, 0.29) is 30.6 Å². The molecule has 200 valence electrons. The molecule has 0 aliphatic carbocycles. The van der Waals surface area contributed by atoms with Gasteiger partial charge in [0.2, 0.25) is 15.9 Å². The zero-order valence-electron chi connectivity index (χ0n) is 22.6. The van der Waals surface area contributed by atoms with E-state index in [1.165, 1.54) is 16.9 Å². The Balaban J connectivity index is 1.80. The van der Waals surface area contributed by atoms with Gasteiger partial charge in [-0.3, -0.25) is 4.79 Å². The summed E-state index contributed by atoms with van der Waals surface area (Å²) in [5.41, 5.74) is 3.54. The molecule has 0 aliphatic heterocycles. The Morgan fingerprint density at radius 2 is 1.61 bits per heavy atom. The number of rotatable bonds is 14. The maximum absolute atomic E-state index is 13.1. The van der Waals surface area contributed by atoms with Crippen molar-refractivity contribution in [3.05, 3.63) is 58.7 Å². The van der Waals surface area contributed by atoms with Crippen molar-refractivity contribution in [3.8, 4) is 5.75 Å². The van der Waals surface area contributed by atoms with E-state index in [0.29, 0.717) is 29.5 Å². The molecular weight excluding hydrogens is 478 g/mol. The maximum Gasteiger partial charge on any atom is 0.248 e. The number of carbonyl (C=O) groups excluding carboxylic acids is 1. The highest BCUT2D eigenvalue weighted by molar-refractivity contribution is 7.89. The quantitative estimate of drug-likeness (QED) is 0.386. The van der Waals surface area contributed by atoms with Crippen molar-refractivity contribution in [2.45, 2.75) is 51.6 Å². The summed E-state index contributed by atoms with van der Waals surface area (Å²) in [6.45, 7) is 9.31. The normalized spacial score (nSPS) is 11.8. The third kappa shape index (κ3) is 8.58. The number of likely N-dealkylation sites (N-methyl/N-ethyl adjacent to an activating group) is 2. The van der Waals surface area contributed by atoms with Gasteiger partial charge in [0.05, 0.1) is 18.6 Å². The Labute approximate surface area is 216 Å². The molecule has 2 aromatic rings. The van der Waals surface area contributed by atoms with Crippen molar-refractivity contribution in [2.75, 3.05) is 47.5 Å². The number of benzene rings is 2. The largest absolute Gasteiger partial charge is 0.497 e. The summed E-state index contributed by atoms with van der Waals surface area (Å²) in [6, 6.07) is 12.1. The average Bonchev–Trinajstić information content (AvgIpc) is 2.81. The molecule has 0 atom stereocenters. The number of hydrogen-bond donors (Lipinski definition) is 1. The number of methoxy groups -OCH3 is 1. The summed E-state index contributed by atoms with van der Waals surface area (Å²) in [6.07, 6.45) is 0.961. The molecule has 8 nitrogen and oxygen atoms in total. The molecular formula is C27H41N3O5S. The number of amides is 1. The van der Waals surface area contributed by atoms with Crippen LogP contribution in [0.5, 0.6) is 5.75 Å². The lowest BCUT2D eigenvalue weighted by Crippen LogP contribution is -2.33. The molecule has 9 heteroatoms. The van der Waals surface area contributed by atoms with Crippen molar-refractivity contribution < 1.29 is 22.7 Å². The monoisotopic (exact) mass is 519 g/mol. The van der Waals surface area contributed by atoms with E-state index < -0.39 is 10.0 Å². The Kier molecular flexibility index (Phi) is 11.4. The molecule has 36 heavy (non-hydrogen) atoms. The second-order valence-electron chi connectivity index (χ2n) is 9.39. The van der Waals surface area contributed by atoms with Gasteiger partial charge in [-0.25, -0.2) is 8.42 Å². The third-order valence-electron chi connectivity index (χ3n) is 5.95. The van der Waals surface area contributed by atoms with E-state index >= 15 is 0 Å². The van der Waals surface area contributed by atoms with E-state index in [9.17, 15) is 13.2 Å². The van der Waals surface area contributed by atoms with Crippen molar-refractivity contribution >= 4 is 15.9 Å². The highest BCUT2D eigenvalue weighted by Crippen LogP contribution is 2.27. The van der Waals surface area contributed by atoms with Gasteiger partial charge in [0.1, 0.15) is 12.4 Å². The third-order valence-corrected chi connectivity index (χ3v) is 8.11. The average molecular weight is 520 g/mol. The number of aryl methyl sites for hydroxylation is 2. The van der Waals surface area contributed by atoms with Crippen LogP contribution in [0.15, 0.2) is 41.3 Å². The lowest BCUT2D eigenvalue weighted by molar-refractivity contribution is -0.135. The van der Waals surface area contributed by atoms with Crippen LogP contribution < -0.4 is 10.1 Å². The van der Waals surface area contributed by atoms with E-state index in [4.69, 9.17) is 9.47 Å². The molecule has 0 saturated carbocycles. The summed E-state index contributed by atoms with van der Waals surface area (Å²) < 4.78 is 38.1. The molecule has 0 saturated heterocycles. The minimum atomic E-state index is -3.70. The molecule has 1 amide bonds. The van der Waals surface area contributed by atoms with E-state index in [1.54, 1.807) is 45.0 Å². The SMILES string of the molecule is COc1cc(C)c(S(=O)(=O)N(C)CCOCC(=O)N(C)Cc2ccc(CCNC(C)C)cc2)c(C)c1. The number of nitrogens with zero attached hydrogens (tertiary/aromatic N) is 2. The molecule has 0 aromatic heterocycles. The summed E-state index contributed by atoms with van der Waals surface area (Å²) >= 11 is 0. The zero-order valence-corrected chi connectivity index (χ0v) is 23.4. The standard InChI is InChI=1S/C27H41N3O5S/c1-20(2)28-13-12-23-8-10-24(11-9-23)18-29(5)26(31)19-35-15-14-30(6)36(32,33)27-21(3)16-25(34-7)17-22(27)4/h8-11,16-17,20,28H,12-15,18-19H2,1-7H3. The summed E-state index contributed by atoms with van der Waals surface area (Å²) in [5.74, 6) is 0.458. The Hall–Kier alpha value is -2.46. The van der Waals surface area contributed by atoms with Crippen molar-refractivity contribution in [1.82, 2.24) is 14.5 Å². The van der Waals surface area contributed by atoms with Crippen LogP contribution in [-0.2, 0) is 32.5 Å². The molecule has 0 fully saturated rings. The van der Waals surface area contributed by atoms with Gasteiger partial charge in [-0.05, 0) is 61.2 Å². The van der Waals surface area contributed by atoms with Gasteiger partial charge in [0.15, 0.2) is 0 Å². The summed E-state index contributed by atoms with van der Waals surface area (Å²) in [4.78, 5) is 14.4. The number of nitrogens with one attached hydrogen (secondary N) is 1. The predicted octanol–water partition coefficient (Wildman–Crippen LogP) is 3.15. The molecule has 2 aromatic carbocycles. The van der Waals surface area contributed by atoms with Crippen LogP contribution in [0.1, 0.15) is 36.1 Å². The van der Waals surface area contributed by atoms with Crippen LogP contribution in [0.25, 0.3) is 0 Å². The molecule has 0 heterocycles. The first-order valence-corrected chi connectivity index (χ1v) is 13.6. The van der Waals surface area contributed by atoms with Crippen LogP contribution in [0, 0.1) is 13.8 Å². The number of sulfonamides is 1. The van der Waals surface area contributed by atoms with E-state index in [2.05, 4.69) is 31.3 Å². The lowest BCUT2D eigenvalue weighted by Gasteiger charge is -2.21. The Bertz CT molecular complexity index is 1080. The van der Waals surface area contributed by atoms with Crippen LogP contribution >= 0.6 is 0 Å². The van der Waals surface area contributed by atoms with Crippen molar-refractivity contribution in [2.24, 2.45) is 0 Å². The summed E-state index contributed by atoms with van der Waals surface area (Å²) in [7, 11) is 1.10. The van der Waals surface area contributed by atoms with Crippen LogP contribution in [0.4, 0.5) is 0 Å². The first-order chi connectivity index (χ1) is 16.9. The molecule has 2 rings (SSSR count). The Morgan fingerprint density at radius 3 is 2.17 bits per heavy atom. The van der Waals surface area contributed by atoms with Crippen LogP contribution in [0.3, 0.4) is 0 Å². The minimum Gasteiger partial charge on any atom is -0.497 e. The fourth-order valence-electron chi connectivity index (χ4n) is 3.85. The fraction of sp³-hybridized carbons (Fsp3) is 0.519. The van der Waals surface area contributed by atoms with Crippen LogP contribution in [-0.4, -0.2) is 77.1 Å². The van der Waals surface area contributed by atoms with E-state index in [1.807, 2.05) is 12.1 Å². The van der Waals surface area contributed by atoms with Crippen LogP contribution in [0.2, 0.25) is 0 Å². The molecule has 0 spiro atoms. The molecule has 0 radical (unpaired) electrons.